The summed E-state index contributed by atoms with van der Waals surface area (Å²) < 4.78 is 27.2. The summed E-state index contributed by atoms with van der Waals surface area (Å²) in [4.78, 5) is 4.72. The van der Waals surface area contributed by atoms with Gasteiger partial charge >= 0.3 is 0 Å². The third kappa shape index (κ3) is 6.16. The van der Waals surface area contributed by atoms with Crippen LogP contribution in [0.3, 0.4) is 0 Å². The molecule has 0 radical (unpaired) electrons. The first-order valence-electron chi connectivity index (χ1n) is 10.7. The van der Waals surface area contributed by atoms with Crippen LogP contribution in [0.15, 0.2) is 59.6 Å². The summed E-state index contributed by atoms with van der Waals surface area (Å²) in [6.45, 7) is 6.02. The summed E-state index contributed by atoms with van der Waals surface area (Å²) in [5.41, 5.74) is 7.92. The number of hydrogen-bond donors (Lipinski definition) is 3. The Morgan fingerprint density at radius 2 is 1.91 bits per heavy atom. The molecule has 0 bridgehead atoms. The lowest BCUT2D eigenvalue weighted by molar-refractivity contribution is 0.228. The van der Waals surface area contributed by atoms with Crippen LogP contribution in [0.25, 0.3) is 0 Å². The number of thioether (sulfide) groups is 1. The van der Waals surface area contributed by atoms with E-state index in [0.717, 1.165) is 10.7 Å². The summed E-state index contributed by atoms with van der Waals surface area (Å²) in [7, 11) is 0. The molecule has 4 N–H and O–H groups in total. The number of nitrogen functional groups attached to an aromatic ring is 1. The molecule has 0 amide bonds. The molecule has 0 aliphatic carbocycles. The summed E-state index contributed by atoms with van der Waals surface area (Å²) in [5.74, 6) is 0.162. The van der Waals surface area contributed by atoms with Crippen molar-refractivity contribution in [2.45, 2.75) is 37.9 Å². The standard InChI is InChI=1S/C25H29FN4O2S/c1-5-31-18-13-19(23(26)21(14-18)32-15(2)3)24(20-7-6-8-22(30-20)33-4)29-17-11-9-16(10-12-17)25(27)28/h6-15,24,29H,5H2,1-4H3,(H3,27,28). The monoisotopic (exact) mass is 468 g/mol. The van der Waals surface area contributed by atoms with Gasteiger partial charge in [-0.15, -0.1) is 11.8 Å². The molecule has 0 aliphatic heterocycles. The number of benzene rings is 2. The number of anilines is 1. The maximum atomic E-state index is 15.7. The van der Waals surface area contributed by atoms with Gasteiger partial charge in [0.15, 0.2) is 11.6 Å². The quantitative estimate of drug-likeness (QED) is 0.203. The van der Waals surface area contributed by atoms with Crippen LogP contribution in [0, 0.1) is 11.2 Å². The summed E-state index contributed by atoms with van der Waals surface area (Å²) >= 11 is 1.51. The molecule has 1 atom stereocenters. The van der Waals surface area contributed by atoms with Crippen LogP contribution in [0.4, 0.5) is 10.1 Å². The van der Waals surface area contributed by atoms with E-state index in [4.69, 9.17) is 25.6 Å². The largest absolute Gasteiger partial charge is 0.494 e. The lowest BCUT2D eigenvalue weighted by Crippen LogP contribution is -2.18. The van der Waals surface area contributed by atoms with Crippen LogP contribution in [-0.2, 0) is 0 Å². The first-order valence-corrected chi connectivity index (χ1v) is 11.9. The van der Waals surface area contributed by atoms with Gasteiger partial charge in [-0.3, -0.25) is 5.41 Å². The normalized spacial score (nSPS) is 11.8. The zero-order chi connectivity index (χ0) is 24.0. The number of aromatic nitrogens is 1. The highest BCUT2D eigenvalue weighted by Gasteiger charge is 2.24. The van der Waals surface area contributed by atoms with E-state index in [1.807, 2.05) is 45.2 Å². The molecule has 0 spiro atoms. The molecule has 1 aromatic heterocycles. The van der Waals surface area contributed by atoms with Crippen LogP contribution < -0.4 is 20.5 Å². The van der Waals surface area contributed by atoms with Crippen molar-refractivity contribution in [3.05, 3.63) is 77.2 Å². The fourth-order valence-corrected chi connectivity index (χ4v) is 3.73. The summed E-state index contributed by atoms with van der Waals surface area (Å²) in [6, 6.07) is 15.4. The van der Waals surface area contributed by atoms with Crippen molar-refractivity contribution in [1.29, 1.82) is 5.41 Å². The zero-order valence-corrected chi connectivity index (χ0v) is 20.0. The highest BCUT2D eigenvalue weighted by Crippen LogP contribution is 2.36. The minimum atomic E-state index is -0.616. The molecule has 0 saturated heterocycles. The van der Waals surface area contributed by atoms with E-state index in [9.17, 15) is 0 Å². The molecule has 3 rings (SSSR count). The van der Waals surface area contributed by atoms with Gasteiger partial charge in [0.2, 0.25) is 0 Å². The number of hydrogen-bond acceptors (Lipinski definition) is 6. The minimum absolute atomic E-state index is 0.0154. The first-order chi connectivity index (χ1) is 15.8. The van der Waals surface area contributed by atoms with Crippen molar-refractivity contribution in [2.24, 2.45) is 5.73 Å². The van der Waals surface area contributed by atoms with Crippen LogP contribution in [0.2, 0.25) is 0 Å². The number of nitrogens with one attached hydrogen (secondary N) is 2. The Morgan fingerprint density at radius 1 is 1.18 bits per heavy atom. The van der Waals surface area contributed by atoms with Crippen LogP contribution in [0.1, 0.15) is 43.6 Å². The smallest absolute Gasteiger partial charge is 0.171 e. The number of nitrogens with zero attached hydrogens (tertiary/aromatic N) is 1. The summed E-state index contributed by atoms with van der Waals surface area (Å²) in [6.07, 6.45) is 1.74. The second-order valence-electron chi connectivity index (χ2n) is 7.60. The van der Waals surface area contributed by atoms with Crippen molar-refractivity contribution in [3.8, 4) is 11.5 Å². The van der Waals surface area contributed by atoms with Crippen LogP contribution in [-0.4, -0.2) is 29.8 Å². The van der Waals surface area contributed by atoms with E-state index < -0.39 is 11.9 Å². The fraction of sp³-hybridized carbons (Fsp3) is 0.280. The van der Waals surface area contributed by atoms with E-state index >= 15 is 4.39 Å². The highest BCUT2D eigenvalue weighted by atomic mass is 32.2. The van der Waals surface area contributed by atoms with Crippen molar-refractivity contribution in [3.63, 3.8) is 0 Å². The Balaban J connectivity index is 2.13. The second-order valence-corrected chi connectivity index (χ2v) is 8.42. The van der Waals surface area contributed by atoms with Gasteiger partial charge in [0.1, 0.15) is 11.6 Å². The van der Waals surface area contributed by atoms with E-state index in [1.54, 1.807) is 36.4 Å². The zero-order valence-electron chi connectivity index (χ0n) is 19.2. The van der Waals surface area contributed by atoms with Gasteiger partial charge in [-0.1, -0.05) is 6.07 Å². The molecular weight excluding hydrogens is 439 g/mol. The number of ether oxygens (including phenoxy) is 2. The Bertz CT molecular complexity index is 1110. The molecule has 0 saturated carbocycles. The molecule has 8 heteroatoms. The van der Waals surface area contributed by atoms with Crippen molar-refractivity contribution in [2.75, 3.05) is 18.2 Å². The van der Waals surface area contributed by atoms with Crippen LogP contribution >= 0.6 is 11.8 Å². The third-order valence-electron chi connectivity index (χ3n) is 4.78. The van der Waals surface area contributed by atoms with Crippen molar-refractivity contribution >= 4 is 23.3 Å². The van der Waals surface area contributed by atoms with E-state index in [-0.39, 0.29) is 17.7 Å². The lowest BCUT2D eigenvalue weighted by Gasteiger charge is -2.23. The highest BCUT2D eigenvalue weighted by molar-refractivity contribution is 7.98. The van der Waals surface area contributed by atoms with Gasteiger partial charge in [-0.25, -0.2) is 9.37 Å². The fourth-order valence-electron chi connectivity index (χ4n) is 3.32. The van der Waals surface area contributed by atoms with Crippen molar-refractivity contribution < 1.29 is 13.9 Å². The number of nitrogens with two attached hydrogens (primary N) is 1. The Morgan fingerprint density at radius 3 is 2.52 bits per heavy atom. The molecule has 2 aromatic carbocycles. The lowest BCUT2D eigenvalue weighted by atomic mass is 10.0. The molecule has 33 heavy (non-hydrogen) atoms. The average molecular weight is 469 g/mol. The molecule has 3 aromatic rings. The first kappa shape index (κ1) is 24.4. The number of rotatable bonds is 10. The average Bonchev–Trinajstić information content (AvgIpc) is 2.80. The molecule has 6 nitrogen and oxygen atoms in total. The molecule has 174 valence electrons. The predicted octanol–water partition coefficient (Wildman–Crippen LogP) is 5.61. The minimum Gasteiger partial charge on any atom is -0.494 e. The van der Waals surface area contributed by atoms with Crippen LogP contribution in [0.5, 0.6) is 11.5 Å². The van der Waals surface area contributed by atoms with Gasteiger partial charge in [-0.2, -0.15) is 0 Å². The SMILES string of the molecule is CCOc1cc(OC(C)C)c(F)c(C(Nc2ccc(C(=N)N)cc2)c2cccc(SC)n2)c1. The molecular formula is C25H29FN4O2S. The Hall–Kier alpha value is -3.26. The van der Waals surface area contributed by atoms with Gasteiger partial charge in [-0.05, 0) is 69.5 Å². The maximum absolute atomic E-state index is 15.7. The third-order valence-corrected chi connectivity index (χ3v) is 5.43. The molecule has 1 heterocycles. The number of pyridine rings is 1. The molecule has 1 unspecified atom stereocenters. The Kier molecular flexibility index (Phi) is 8.16. The van der Waals surface area contributed by atoms with E-state index in [2.05, 4.69) is 5.32 Å². The van der Waals surface area contributed by atoms with E-state index in [1.165, 1.54) is 11.8 Å². The van der Waals surface area contributed by atoms with Crippen molar-refractivity contribution in [1.82, 2.24) is 4.98 Å². The molecule has 0 fully saturated rings. The Labute approximate surface area is 198 Å². The summed E-state index contributed by atoms with van der Waals surface area (Å²) in [5, 5.41) is 11.8. The van der Waals surface area contributed by atoms with Gasteiger partial charge < -0.3 is 20.5 Å². The van der Waals surface area contributed by atoms with Gasteiger partial charge in [0, 0.05) is 22.9 Å². The number of amidine groups is 1. The number of halogens is 1. The predicted molar refractivity (Wildman–Crippen MR) is 132 cm³/mol. The van der Waals surface area contributed by atoms with Gasteiger partial charge in [0.05, 0.1) is 29.5 Å². The molecule has 0 aliphatic rings. The topological polar surface area (TPSA) is 93.2 Å². The van der Waals surface area contributed by atoms with Gasteiger partial charge in [0.25, 0.3) is 0 Å². The second kappa shape index (κ2) is 11.0. The van der Waals surface area contributed by atoms with E-state index in [0.29, 0.717) is 29.2 Å². The maximum Gasteiger partial charge on any atom is 0.171 e.